The topological polar surface area (TPSA) is 90.5 Å². The molecule has 2 atom stereocenters. The standard InChI is InChI=1S/C20H24N2O4S/c1-20(2,3)26-19(24)21-17(14-15-10-6-4-7-11-15)18(23)22-27(25)16-12-8-5-9-13-16/h4-13,17H,14H2,1-3H3,(H,21,24)(H,22,23). The minimum absolute atomic E-state index is 0.248. The third kappa shape index (κ3) is 7.32. The van der Waals surface area contributed by atoms with Crippen LogP contribution in [0.3, 0.4) is 0 Å². The van der Waals surface area contributed by atoms with Crippen molar-refractivity contribution in [3.8, 4) is 0 Å². The highest BCUT2D eigenvalue weighted by atomic mass is 32.2. The van der Waals surface area contributed by atoms with Gasteiger partial charge >= 0.3 is 6.09 Å². The monoisotopic (exact) mass is 388 g/mol. The van der Waals surface area contributed by atoms with Crippen molar-refractivity contribution in [3.05, 3.63) is 66.2 Å². The number of nitrogens with one attached hydrogen (secondary N) is 2. The Morgan fingerprint density at radius 3 is 2.15 bits per heavy atom. The number of hydrogen-bond donors (Lipinski definition) is 2. The van der Waals surface area contributed by atoms with E-state index in [1.165, 1.54) is 0 Å². The van der Waals surface area contributed by atoms with Gasteiger partial charge in [0.15, 0.2) is 4.90 Å². The van der Waals surface area contributed by atoms with Crippen molar-refractivity contribution in [1.29, 1.82) is 0 Å². The third-order valence-electron chi connectivity index (χ3n) is 3.44. The van der Waals surface area contributed by atoms with E-state index in [-0.39, 0.29) is 6.42 Å². The van der Waals surface area contributed by atoms with Gasteiger partial charge < -0.3 is 14.6 Å². The van der Waals surface area contributed by atoms with E-state index in [0.29, 0.717) is 4.90 Å². The first-order valence-electron chi connectivity index (χ1n) is 8.55. The van der Waals surface area contributed by atoms with E-state index in [1.54, 1.807) is 51.1 Å². The second-order valence-electron chi connectivity index (χ2n) is 6.94. The summed E-state index contributed by atoms with van der Waals surface area (Å²) in [5.41, 5.74) is 0.171. The molecule has 0 heterocycles. The summed E-state index contributed by atoms with van der Waals surface area (Å²) in [5, 5.41) is 2.57. The summed E-state index contributed by atoms with van der Waals surface area (Å²) in [7, 11) is 0. The van der Waals surface area contributed by atoms with Crippen molar-refractivity contribution in [2.45, 2.75) is 43.7 Å². The molecule has 2 amide bonds. The number of amides is 2. The van der Waals surface area contributed by atoms with Crippen LogP contribution in [-0.2, 0) is 27.3 Å². The van der Waals surface area contributed by atoms with Gasteiger partial charge in [0.25, 0.3) is 5.91 Å². The highest BCUT2D eigenvalue weighted by molar-refractivity contribution is 7.90. The predicted molar refractivity (Wildman–Crippen MR) is 104 cm³/mol. The number of benzene rings is 2. The number of hydrogen-bond acceptors (Lipinski definition) is 4. The van der Waals surface area contributed by atoms with Crippen LogP contribution in [0, 0.1) is 0 Å². The fourth-order valence-electron chi connectivity index (χ4n) is 2.27. The van der Waals surface area contributed by atoms with Crippen molar-refractivity contribution in [2.24, 2.45) is 0 Å². The second-order valence-corrected chi connectivity index (χ2v) is 8.15. The molecule has 7 heteroatoms. The summed E-state index contributed by atoms with van der Waals surface area (Å²) >= 11 is -1.72. The molecule has 2 N–H and O–H groups in total. The number of carbonyl (C=O) groups excluding carboxylic acids is 2. The van der Waals surface area contributed by atoms with E-state index in [9.17, 15) is 14.1 Å². The average Bonchev–Trinajstić information content (AvgIpc) is 2.61. The highest BCUT2D eigenvalue weighted by Gasteiger charge is 2.28. The molecule has 144 valence electrons. The Kier molecular flexibility index (Phi) is 7.27. The number of alkyl carbamates (subject to hydrolysis) is 1. The highest BCUT2D eigenvalue weighted by Crippen LogP contribution is 2.11. The Morgan fingerprint density at radius 1 is 1.04 bits per heavy atom. The van der Waals surface area contributed by atoms with Crippen LogP contribution in [0.5, 0.6) is 0 Å². The number of ether oxygens (including phenoxy) is 1. The first-order chi connectivity index (χ1) is 12.7. The molecule has 2 unspecified atom stereocenters. The zero-order valence-electron chi connectivity index (χ0n) is 15.6. The molecular formula is C20H24N2O4S. The summed E-state index contributed by atoms with van der Waals surface area (Å²) < 4.78 is 20.0. The molecule has 27 heavy (non-hydrogen) atoms. The zero-order chi connectivity index (χ0) is 19.9. The van der Waals surface area contributed by atoms with Crippen LogP contribution >= 0.6 is 0 Å². The van der Waals surface area contributed by atoms with Crippen LogP contribution in [0.25, 0.3) is 0 Å². The van der Waals surface area contributed by atoms with Gasteiger partial charge in [-0.05, 0) is 38.5 Å². The fourth-order valence-corrected chi connectivity index (χ4v) is 3.12. The Hall–Kier alpha value is -2.51. The van der Waals surface area contributed by atoms with E-state index in [1.807, 2.05) is 30.3 Å². The lowest BCUT2D eigenvalue weighted by Gasteiger charge is -2.23. The summed E-state index contributed by atoms with van der Waals surface area (Å²) in [6.07, 6.45) is -0.457. The lowest BCUT2D eigenvalue weighted by molar-refractivity contribution is -0.121. The molecule has 0 saturated carbocycles. The molecule has 0 aromatic heterocycles. The molecule has 6 nitrogen and oxygen atoms in total. The Morgan fingerprint density at radius 2 is 1.59 bits per heavy atom. The molecule has 0 saturated heterocycles. The van der Waals surface area contributed by atoms with Crippen LogP contribution in [0.15, 0.2) is 65.6 Å². The van der Waals surface area contributed by atoms with Gasteiger partial charge in [-0.3, -0.25) is 4.79 Å². The number of rotatable bonds is 6. The van der Waals surface area contributed by atoms with E-state index in [4.69, 9.17) is 4.74 Å². The lowest BCUT2D eigenvalue weighted by Crippen LogP contribution is -2.50. The van der Waals surface area contributed by atoms with Gasteiger partial charge in [-0.2, -0.15) is 4.72 Å². The minimum Gasteiger partial charge on any atom is -0.588 e. The van der Waals surface area contributed by atoms with Crippen molar-refractivity contribution in [3.63, 3.8) is 0 Å². The van der Waals surface area contributed by atoms with Crippen LogP contribution in [-0.4, -0.2) is 28.2 Å². The molecule has 2 rings (SSSR count). The molecule has 0 aliphatic carbocycles. The predicted octanol–water partition coefficient (Wildman–Crippen LogP) is 2.96. The Labute approximate surface area is 162 Å². The summed E-state index contributed by atoms with van der Waals surface area (Å²) in [5.74, 6) is -0.549. The molecular weight excluding hydrogens is 364 g/mol. The molecule has 0 bridgehead atoms. The number of carbonyl (C=O) groups is 2. The average molecular weight is 388 g/mol. The van der Waals surface area contributed by atoms with E-state index in [0.717, 1.165) is 5.56 Å². The van der Waals surface area contributed by atoms with Gasteiger partial charge in [0.2, 0.25) is 0 Å². The first-order valence-corrected chi connectivity index (χ1v) is 9.70. The molecule has 0 aliphatic heterocycles. The van der Waals surface area contributed by atoms with E-state index in [2.05, 4.69) is 10.0 Å². The SMILES string of the molecule is CC(C)(C)OC(=O)NC(Cc1ccccc1)C(=O)N[S+]([O-])c1ccccc1. The minimum atomic E-state index is -1.72. The largest absolute Gasteiger partial charge is 0.588 e. The second kappa shape index (κ2) is 9.43. The lowest BCUT2D eigenvalue weighted by atomic mass is 10.1. The quantitative estimate of drug-likeness (QED) is 0.745. The summed E-state index contributed by atoms with van der Waals surface area (Å²) in [6, 6.07) is 16.9. The zero-order valence-corrected chi connectivity index (χ0v) is 16.4. The maximum atomic E-state index is 12.7. The van der Waals surface area contributed by atoms with Crippen LogP contribution < -0.4 is 10.0 Å². The maximum absolute atomic E-state index is 12.7. The van der Waals surface area contributed by atoms with Gasteiger partial charge in [0.05, 0.1) is 0 Å². The van der Waals surface area contributed by atoms with Gasteiger partial charge in [0.1, 0.15) is 23.0 Å². The first kappa shape index (κ1) is 20.8. The molecule has 2 aromatic carbocycles. The molecule has 0 radical (unpaired) electrons. The Bertz CT molecular complexity index is 748. The van der Waals surface area contributed by atoms with Crippen molar-refractivity contribution >= 4 is 23.4 Å². The van der Waals surface area contributed by atoms with Crippen molar-refractivity contribution in [1.82, 2.24) is 10.0 Å². The van der Waals surface area contributed by atoms with Gasteiger partial charge in [-0.1, -0.05) is 48.5 Å². The maximum Gasteiger partial charge on any atom is 0.408 e. The van der Waals surface area contributed by atoms with Crippen LogP contribution in [0.4, 0.5) is 4.79 Å². The fraction of sp³-hybridized carbons (Fsp3) is 0.300. The molecule has 2 aromatic rings. The summed E-state index contributed by atoms with van der Waals surface area (Å²) in [4.78, 5) is 25.3. The normalized spacial score (nSPS) is 13.3. The van der Waals surface area contributed by atoms with Crippen molar-refractivity contribution < 1.29 is 18.9 Å². The Balaban J connectivity index is 2.10. The smallest absolute Gasteiger partial charge is 0.408 e. The van der Waals surface area contributed by atoms with E-state index < -0.39 is 35.0 Å². The van der Waals surface area contributed by atoms with E-state index >= 15 is 0 Å². The van der Waals surface area contributed by atoms with Crippen molar-refractivity contribution in [2.75, 3.05) is 0 Å². The molecule has 0 aliphatic rings. The van der Waals surface area contributed by atoms with Crippen LogP contribution in [0.2, 0.25) is 0 Å². The molecule has 0 fully saturated rings. The third-order valence-corrected chi connectivity index (χ3v) is 4.53. The summed E-state index contributed by atoms with van der Waals surface area (Å²) in [6.45, 7) is 5.22. The van der Waals surface area contributed by atoms with Gasteiger partial charge in [0, 0.05) is 6.42 Å². The van der Waals surface area contributed by atoms with Gasteiger partial charge in [-0.15, -0.1) is 0 Å². The molecule has 0 spiro atoms. The van der Waals surface area contributed by atoms with Gasteiger partial charge in [-0.25, -0.2) is 4.79 Å². The van der Waals surface area contributed by atoms with Crippen LogP contribution in [0.1, 0.15) is 26.3 Å².